The van der Waals surface area contributed by atoms with Crippen molar-refractivity contribution in [3.63, 3.8) is 0 Å². The van der Waals surface area contributed by atoms with Gasteiger partial charge in [-0.3, -0.25) is 8.42 Å². The van der Waals surface area contributed by atoms with E-state index in [1.165, 1.54) is 13.1 Å². The molecule has 12 heavy (non-hydrogen) atoms. The lowest BCUT2D eigenvalue weighted by atomic mass is 10.5. The molecule has 0 spiro atoms. The van der Waals surface area contributed by atoms with Crippen molar-refractivity contribution >= 4 is 10.4 Å². The van der Waals surface area contributed by atoms with E-state index < -0.39 is 10.4 Å². The Morgan fingerprint density at radius 2 is 1.33 bits per heavy atom. The van der Waals surface area contributed by atoms with Gasteiger partial charge in [0.15, 0.2) is 0 Å². The third-order valence-electron chi connectivity index (χ3n) is 1.71. The van der Waals surface area contributed by atoms with Crippen molar-refractivity contribution < 1.29 is 23.4 Å². The van der Waals surface area contributed by atoms with E-state index in [2.05, 4.69) is 27.9 Å². The Labute approximate surface area is 75.7 Å². The van der Waals surface area contributed by atoms with E-state index in [1.54, 1.807) is 0 Å². The molecule has 0 unspecified atom stereocenters. The zero-order valence-electron chi connectivity index (χ0n) is 8.90. The van der Waals surface area contributed by atoms with Gasteiger partial charge in [0, 0.05) is 10.4 Å². The van der Waals surface area contributed by atoms with Gasteiger partial charge in [0.1, 0.15) is 0 Å². The van der Waals surface area contributed by atoms with Crippen LogP contribution in [0.5, 0.6) is 0 Å². The first-order valence-electron chi connectivity index (χ1n) is 3.61. The van der Waals surface area contributed by atoms with Crippen LogP contribution in [0.4, 0.5) is 0 Å². The van der Waals surface area contributed by atoms with Gasteiger partial charge in [-0.25, -0.2) is 0 Å². The average Bonchev–Trinajstić information content (AvgIpc) is 1.85. The van der Waals surface area contributed by atoms with Gasteiger partial charge in [0.25, 0.3) is 0 Å². The molecule has 0 aliphatic carbocycles. The standard InChI is InChI=1S/C6H16N.H2O4S/c1-5-7(3,4)6-2;1-5(2,3)4/h5-6H2,1-4H3;(H2,1,2,3,4)/q+1;/p-1. The smallest absolute Gasteiger partial charge is 0.759 e. The largest absolute Gasteiger partial charge is 1.00 e. The molecule has 0 aliphatic rings. The molecule has 76 valence electrons. The number of nitrogens with zero attached hydrogens (tertiary/aromatic N) is 1. The van der Waals surface area contributed by atoms with E-state index in [0.717, 1.165) is 4.48 Å². The summed E-state index contributed by atoms with van der Waals surface area (Å²) in [4.78, 5) is 0. The molecule has 0 saturated carbocycles. The average molecular weight is 199 g/mol. The summed E-state index contributed by atoms with van der Waals surface area (Å²) >= 11 is 0. The second-order valence-electron chi connectivity index (χ2n) is 2.98. The van der Waals surface area contributed by atoms with Crippen LogP contribution in [0.3, 0.4) is 0 Å². The molecule has 5 nitrogen and oxygen atoms in total. The second kappa shape index (κ2) is 5.47. The van der Waals surface area contributed by atoms with Crippen LogP contribution in [0.2, 0.25) is 0 Å². The quantitative estimate of drug-likeness (QED) is 0.352. The lowest BCUT2D eigenvalue weighted by molar-refractivity contribution is -0.886. The van der Waals surface area contributed by atoms with E-state index >= 15 is 0 Å². The van der Waals surface area contributed by atoms with Crippen LogP contribution in [-0.4, -0.2) is 49.2 Å². The molecule has 0 aliphatic heterocycles. The first-order chi connectivity index (χ1) is 5.12. The summed E-state index contributed by atoms with van der Waals surface area (Å²) in [5.41, 5.74) is 0. The van der Waals surface area contributed by atoms with Crippen LogP contribution >= 0.6 is 0 Å². The molecule has 0 saturated heterocycles. The van der Waals surface area contributed by atoms with Crippen LogP contribution in [0, 0.1) is 0 Å². The number of hydrogen-bond acceptors (Lipinski definition) is 4. The minimum atomic E-state index is -5.17. The molecule has 0 aromatic heterocycles. The Hall–Kier alpha value is -0.170. The van der Waals surface area contributed by atoms with Crippen LogP contribution in [0.25, 0.3) is 0 Å². The van der Waals surface area contributed by atoms with Gasteiger partial charge in [0.2, 0.25) is 0 Å². The lowest BCUT2D eigenvalue weighted by Crippen LogP contribution is -2.38. The van der Waals surface area contributed by atoms with Crippen LogP contribution in [0.1, 0.15) is 15.3 Å². The summed E-state index contributed by atoms with van der Waals surface area (Å²) in [7, 11) is -0.694. The molecule has 0 heterocycles. The fourth-order valence-electron chi connectivity index (χ4n) is 0.224. The summed E-state index contributed by atoms with van der Waals surface area (Å²) in [6, 6.07) is 0. The Kier molecular flexibility index (Phi) is 6.55. The predicted molar refractivity (Wildman–Crippen MR) is 44.8 cm³/mol. The molecule has 0 aromatic rings. The molecule has 0 radical (unpaired) electrons. The minimum Gasteiger partial charge on any atom is -0.759 e. The zero-order valence-corrected chi connectivity index (χ0v) is 8.72. The Balaban J connectivity index is -0.000000150. The van der Waals surface area contributed by atoms with Crippen LogP contribution < -0.4 is 0 Å². The van der Waals surface area contributed by atoms with Crippen molar-refractivity contribution in [3.05, 3.63) is 0 Å². The first-order valence-corrected chi connectivity index (χ1v) is 4.94. The number of rotatable bonds is 2. The number of quaternary nitrogens is 1. The molecule has 0 bridgehead atoms. The third kappa shape index (κ3) is 22.5. The van der Waals surface area contributed by atoms with E-state index in [0.29, 0.717) is 0 Å². The van der Waals surface area contributed by atoms with E-state index in [9.17, 15) is 0 Å². The van der Waals surface area contributed by atoms with Crippen molar-refractivity contribution in [1.29, 1.82) is 0 Å². The topological polar surface area (TPSA) is 80.3 Å². The molecule has 0 rings (SSSR count). The highest BCUT2D eigenvalue weighted by Crippen LogP contribution is 1.91. The highest BCUT2D eigenvalue weighted by atomic mass is 32.3. The van der Waals surface area contributed by atoms with E-state index in [-0.39, 0.29) is 1.43 Å². The van der Waals surface area contributed by atoms with Crippen molar-refractivity contribution in [1.82, 2.24) is 0 Å². The van der Waals surface area contributed by atoms with Gasteiger partial charge in [-0.15, -0.1) is 0 Å². The molecule has 0 aromatic carbocycles. The summed E-state index contributed by atoms with van der Waals surface area (Å²) in [5, 5.41) is 0. The first kappa shape index (κ1) is 14.4. The summed E-state index contributed by atoms with van der Waals surface area (Å²) in [6.07, 6.45) is 0. The SMILES string of the molecule is CC[N+](C)(C)CC.O=S(=O)([O-])[O-].[H+]. The van der Waals surface area contributed by atoms with Gasteiger partial charge >= 0.3 is 1.43 Å². The highest BCUT2D eigenvalue weighted by Gasteiger charge is 2.04. The van der Waals surface area contributed by atoms with E-state index in [1.807, 2.05) is 0 Å². The summed E-state index contributed by atoms with van der Waals surface area (Å²) in [6.45, 7) is 6.89. The fraction of sp³-hybridized carbons (Fsp3) is 1.00. The van der Waals surface area contributed by atoms with E-state index in [4.69, 9.17) is 17.5 Å². The maximum Gasteiger partial charge on any atom is 1.00 e. The lowest BCUT2D eigenvalue weighted by Gasteiger charge is -2.25. The van der Waals surface area contributed by atoms with Gasteiger partial charge in [-0.05, 0) is 13.8 Å². The van der Waals surface area contributed by atoms with Crippen molar-refractivity contribution in [3.8, 4) is 0 Å². The van der Waals surface area contributed by atoms with Gasteiger partial charge in [-0.2, -0.15) is 0 Å². The monoisotopic (exact) mass is 199 g/mol. The molecule has 0 N–H and O–H groups in total. The van der Waals surface area contributed by atoms with Crippen molar-refractivity contribution in [2.75, 3.05) is 27.2 Å². The molecular formula is C6H17NO4S. The Bertz CT molecular complexity index is 189. The molecule has 0 atom stereocenters. The third-order valence-corrected chi connectivity index (χ3v) is 1.71. The number of hydrogen-bond donors (Lipinski definition) is 0. The maximum absolute atomic E-state index is 8.52. The van der Waals surface area contributed by atoms with Gasteiger partial charge in [-0.1, -0.05) is 0 Å². The normalized spacial score (nSPS) is 11.8. The summed E-state index contributed by atoms with van der Waals surface area (Å²) in [5.74, 6) is 0. The summed E-state index contributed by atoms with van der Waals surface area (Å²) < 4.78 is 35.2. The highest BCUT2D eigenvalue weighted by molar-refractivity contribution is 7.79. The van der Waals surface area contributed by atoms with Crippen molar-refractivity contribution in [2.24, 2.45) is 0 Å². The predicted octanol–water partition coefficient (Wildman–Crippen LogP) is -0.123. The molecule has 0 amide bonds. The van der Waals surface area contributed by atoms with Gasteiger partial charge < -0.3 is 13.6 Å². The minimum absolute atomic E-state index is 0. The van der Waals surface area contributed by atoms with Crippen LogP contribution in [-0.2, 0) is 10.4 Å². The van der Waals surface area contributed by atoms with Crippen LogP contribution in [0.15, 0.2) is 0 Å². The zero-order chi connectivity index (χ0) is 10.4. The maximum atomic E-state index is 8.52. The fourth-order valence-corrected chi connectivity index (χ4v) is 0.224. The Morgan fingerprint density at radius 1 is 1.17 bits per heavy atom. The van der Waals surface area contributed by atoms with Gasteiger partial charge in [0.05, 0.1) is 27.2 Å². The Morgan fingerprint density at radius 3 is 1.33 bits per heavy atom. The molecule has 0 fully saturated rings. The van der Waals surface area contributed by atoms with Crippen molar-refractivity contribution in [2.45, 2.75) is 13.8 Å². The molecular weight excluding hydrogens is 182 g/mol. The second-order valence-corrected chi connectivity index (χ2v) is 3.79. The molecule has 6 heteroatoms.